The molecule has 2 aliphatic rings. The lowest BCUT2D eigenvalue weighted by Crippen LogP contribution is -2.32. The number of aromatic nitrogens is 2. The largest absolute Gasteiger partial charge is 0.375 e. The van der Waals surface area contributed by atoms with Gasteiger partial charge in [-0.05, 0) is 32.6 Å². The number of carbonyl (C=O) groups is 1. The molecule has 0 radical (unpaired) electrons. The molecule has 0 aliphatic carbocycles. The molecule has 1 atom stereocenters. The van der Waals surface area contributed by atoms with Crippen LogP contribution in [-0.4, -0.2) is 39.8 Å². The third-order valence-corrected chi connectivity index (χ3v) is 4.89. The summed E-state index contributed by atoms with van der Waals surface area (Å²) in [5, 5.41) is 9.99. The first kappa shape index (κ1) is 13.0. The minimum absolute atomic E-state index is 0.0263. The SMILES string of the molecule is Cc1nnc(CN2CCC3(CCCO3)CCC2=O)s1. The van der Waals surface area contributed by atoms with Crippen LogP contribution in [0.15, 0.2) is 0 Å². The fourth-order valence-corrected chi connectivity index (χ4v) is 3.69. The highest BCUT2D eigenvalue weighted by Crippen LogP contribution is 2.36. The summed E-state index contributed by atoms with van der Waals surface area (Å²) < 4.78 is 5.91. The van der Waals surface area contributed by atoms with Crippen LogP contribution in [0, 0.1) is 6.92 Å². The van der Waals surface area contributed by atoms with Crippen molar-refractivity contribution in [1.82, 2.24) is 15.1 Å². The predicted octanol–water partition coefficient (Wildman–Crippen LogP) is 1.91. The molecule has 3 rings (SSSR count). The Kier molecular flexibility index (Phi) is 3.54. The van der Waals surface area contributed by atoms with Crippen LogP contribution in [0.2, 0.25) is 0 Å². The quantitative estimate of drug-likeness (QED) is 0.831. The topological polar surface area (TPSA) is 55.3 Å². The fraction of sp³-hybridized carbons (Fsp3) is 0.769. The molecule has 1 unspecified atom stereocenters. The van der Waals surface area contributed by atoms with Gasteiger partial charge in [-0.3, -0.25) is 4.79 Å². The van der Waals surface area contributed by atoms with Gasteiger partial charge >= 0.3 is 0 Å². The van der Waals surface area contributed by atoms with Gasteiger partial charge in [0.2, 0.25) is 5.91 Å². The summed E-state index contributed by atoms with van der Waals surface area (Å²) >= 11 is 1.57. The van der Waals surface area contributed by atoms with Gasteiger partial charge in [0, 0.05) is 19.6 Å². The van der Waals surface area contributed by atoms with Gasteiger partial charge in [0.25, 0.3) is 0 Å². The van der Waals surface area contributed by atoms with Gasteiger partial charge in [-0.1, -0.05) is 11.3 Å². The van der Waals surface area contributed by atoms with Crippen molar-refractivity contribution in [3.8, 4) is 0 Å². The van der Waals surface area contributed by atoms with Crippen LogP contribution >= 0.6 is 11.3 Å². The molecule has 0 aromatic carbocycles. The Balaban J connectivity index is 1.67. The number of rotatable bonds is 2. The zero-order valence-corrected chi connectivity index (χ0v) is 12.0. The van der Waals surface area contributed by atoms with E-state index in [0.29, 0.717) is 13.0 Å². The van der Waals surface area contributed by atoms with Crippen LogP contribution in [0.3, 0.4) is 0 Å². The van der Waals surface area contributed by atoms with Crippen molar-refractivity contribution in [1.29, 1.82) is 0 Å². The van der Waals surface area contributed by atoms with Gasteiger partial charge in [0.1, 0.15) is 10.0 Å². The molecule has 1 amide bonds. The van der Waals surface area contributed by atoms with Gasteiger partial charge in [-0.25, -0.2) is 0 Å². The summed E-state index contributed by atoms with van der Waals surface area (Å²) in [4.78, 5) is 14.1. The lowest BCUT2D eigenvalue weighted by molar-refractivity contribution is -0.131. The van der Waals surface area contributed by atoms with Crippen molar-refractivity contribution in [3.63, 3.8) is 0 Å². The summed E-state index contributed by atoms with van der Waals surface area (Å²) in [6.45, 7) is 4.16. The third-order valence-electron chi connectivity index (χ3n) is 4.06. The second-order valence-corrected chi connectivity index (χ2v) is 6.68. The number of hydrogen-bond acceptors (Lipinski definition) is 5. The Morgan fingerprint density at radius 3 is 2.95 bits per heavy atom. The Morgan fingerprint density at radius 1 is 1.37 bits per heavy atom. The molecule has 1 aromatic heterocycles. The second kappa shape index (κ2) is 5.17. The molecule has 2 aliphatic heterocycles. The molecule has 6 heteroatoms. The number of carbonyl (C=O) groups excluding carboxylic acids is 1. The van der Waals surface area contributed by atoms with Crippen molar-refractivity contribution >= 4 is 17.2 Å². The van der Waals surface area contributed by atoms with Gasteiger partial charge in [-0.15, -0.1) is 10.2 Å². The average Bonchev–Trinajstić information content (AvgIpc) is 2.98. The number of amides is 1. The molecule has 104 valence electrons. The Bertz CT molecular complexity index is 468. The minimum atomic E-state index is -0.0263. The van der Waals surface area contributed by atoms with E-state index >= 15 is 0 Å². The summed E-state index contributed by atoms with van der Waals surface area (Å²) in [7, 11) is 0. The predicted molar refractivity (Wildman–Crippen MR) is 71.8 cm³/mol. The first-order valence-corrected chi connectivity index (χ1v) is 7.69. The fourth-order valence-electron chi connectivity index (χ4n) is 2.96. The smallest absolute Gasteiger partial charge is 0.223 e. The lowest BCUT2D eigenvalue weighted by atomic mass is 9.92. The van der Waals surface area contributed by atoms with E-state index in [1.54, 1.807) is 11.3 Å². The molecular formula is C13H19N3O2S. The highest BCUT2D eigenvalue weighted by molar-refractivity contribution is 7.11. The van der Waals surface area contributed by atoms with Crippen molar-refractivity contribution in [3.05, 3.63) is 10.0 Å². The number of hydrogen-bond donors (Lipinski definition) is 0. The van der Waals surface area contributed by atoms with Gasteiger partial charge in [0.05, 0.1) is 12.1 Å². The maximum absolute atomic E-state index is 12.2. The Morgan fingerprint density at radius 2 is 2.26 bits per heavy atom. The molecule has 2 saturated heterocycles. The van der Waals surface area contributed by atoms with Crippen LogP contribution in [0.25, 0.3) is 0 Å². The third kappa shape index (κ3) is 2.79. The molecule has 0 N–H and O–H groups in total. The lowest BCUT2D eigenvalue weighted by Gasteiger charge is -2.26. The number of likely N-dealkylation sites (tertiary alicyclic amines) is 1. The summed E-state index contributed by atoms with van der Waals surface area (Å²) in [6.07, 6.45) is 4.65. The molecular weight excluding hydrogens is 262 g/mol. The zero-order valence-electron chi connectivity index (χ0n) is 11.2. The molecule has 1 spiro atoms. The van der Waals surface area contributed by atoms with Crippen LogP contribution in [0.1, 0.15) is 42.1 Å². The standard InChI is InChI=1S/C13H19N3O2S/c1-10-14-15-11(19-10)9-16-7-6-13(4-2-8-18-13)5-3-12(16)17/h2-9H2,1H3. The van der Waals surface area contributed by atoms with Gasteiger partial charge < -0.3 is 9.64 Å². The molecule has 19 heavy (non-hydrogen) atoms. The molecule has 0 saturated carbocycles. The highest BCUT2D eigenvalue weighted by atomic mass is 32.1. The highest BCUT2D eigenvalue weighted by Gasteiger charge is 2.38. The van der Waals surface area contributed by atoms with E-state index in [1.807, 2.05) is 11.8 Å². The monoisotopic (exact) mass is 281 g/mol. The maximum atomic E-state index is 12.2. The van der Waals surface area contributed by atoms with Crippen LogP contribution in [-0.2, 0) is 16.1 Å². The number of aryl methyl sites for hydroxylation is 1. The zero-order chi connectivity index (χ0) is 13.3. The average molecular weight is 281 g/mol. The van der Waals surface area contributed by atoms with Crippen molar-refractivity contribution in [2.45, 2.75) is 51.2 Å². The van der Waals surface area contributed by atoms with E-state index in [0.717, 1.165) is 48.9 Å². The van der Waals surface area contributed by atoms with E-state index in [9.17, 15) is 4.79 Å². The van der Waals surface area contributed by atoms with E-state index in [-0.39, 0.29) is 11.5 Å². The van der Waals surface area contributed by atoms with E-state index in [1.165, 1.54) is 0 Å². The molecule has 1 aromatic rings. The summed E-state index contributed by atoms with van der Waals surface area (Å²) in [5.74, 6) is 0.222. The van der Waals surface area contributed by atoms with Crippen LogP contribution in [0.4, 0.5) is 0 Å². The van der Waals surface area contributed by atoms with Gasteiger partial charge in [-0.2, -0.15) is 0 Å². The van der Waals surface area contributed by atoms with Crippen LogP contribution in [0.5, 0.6) is 0 Å². The first-order valence-electron chi connectivity index (χ1n) is 6.88. The van der Waals surface area contributed by atoms with E-state index in [2.05, 4.69) is 10.2 Å². The summed E-state index contributed by atoms with van der Waals surface area (Å²) in [5.41, 5.74) is -0.0263. The Labute approximate surface area is 117 Å². The van der Waals surface area contributed by atoms with E-state index in [4.69, 9.17) is 4.74 Å². The molecule has 5 nitrogen and oxygen atoms in total. The van der Waals surface area contributed by atoms with Crippen molar-refractivity contribution in [2.24, 2.45) is 0 Å². The first-order chi connectivity index (χ1) is 9.17. The molecule has 2 fully saturated rings. The van der Waals surface area contributed by atoms with Crippen molar-refractivity contribution < 1.29 is 9.53 Å². The van der Waals surface area contributed by atoms with Crippen molar-refractivity contribution in [2.75, 3.05) is 13.2 Å². The molecule has 0 bridgehead atoms. The van der Waals surface area contributed by atoms with Gasteiger partial charge in [0.15, 0.2) is 0 Å². The van der Waals surface area contributed by atoms with E-state index < -0.39 is 0 Å². The normalized spacial score (nSPS) is 28.1. The van der Waals surface area contributed by atoms with Crippen LogP contribution < -0.4 is 0 Å². The Hall–Kier alpha value is -1.01. The molecule has 3 heterocycles. The maximum Gasteiger partial charge on any atom is 0.223 e. The number of ether oxygens (including phenoxy) is 1. The summed E-state index contributed by atoms with van der Waals surface area (Å²) in [6, 6.07) is 0. The minimum Gasteiger partial charge on any atom is -0.375 e. The number of nitrogens with zero attached hydrogens (tertiary/aromatic N) is 3. The second-order valence-electron chi connectivity index (χ2n) is 5.42.